The van der Waals surface area contributed by atoms with Crippen molar-refractivity contribution in [3.05, 3.63) is 47.7 Å². The maximum absolute atomic E-state index is 11.1. The number of nitrogens with one attached hydrogen (secondary N) is 1. The quantitative estimate of drug-likeness (QED) is 0.766. The normalized spacial score (nSPS) is 24.9. The molecule has 2 N–H and O–H groups in total. The van der Waals surface area contributed by atoms with E-state index < -0.39 is 5.54 Å². The van der Waals surface area contributed by atoms with Gasteiger partial charge in [-0.3, -0.25) is 4.79 Å². The molecule has 3 nitrogen and oxygen atoms in total. The van der Waals surface area contributed by atoms with Gasteiger partial charge in [-0.05, 0) is 12.5 Å². The molecule has 0 bridgehead atoms. The first-order valence-corrected chi connectivity index (χ1v) is 4.87. The lowest BCUT2D eigenvalue weighted by Gasteiger charge is -2.24. The van der Waals surface area contributed by atoms with Gasteiger partial charge in [0.1, 0.15) is 5.76 Å². The molecule has 1 aliphatic heterocycles. The Morgan fingerprint density at radius 1 is 1.33 bits per heavy atom. The summed E-state index contributed by atoms with van der Waals surface area (Å²) in [6, 6.07) is 9.77. The molecule has 1 heterocycles. The van der Waals surface area contributed by atoms with Crippen molar-refractivity contribution >= 4 is 5.91 Å². The molecule has 0 saturated heterocycles. The zero-order chi connectivity index (χ0) is 10.9. The number of hydrogen-bond donors (Lipinski definition) is 2. The van der Waals surface area contributed by atoms with E-state index in [0.717, 1.165) is 5.56 Å². The zero-order valence-electron chi connectivity index (χ0n) is 8.53. The molecule has 2 rings (SSSR count). The SMILES string of the molecule is C[C@]1(Cc2ccccc2)NC(=O)C=C1O. The Kier molecular flexibility index (Phi) is 2.23. The van der Waals surface area contributed by atoms with Crippen LogP contribution in [0.5, 0.6) is 0 Å². The van der Waals surface area contributed by atoms with Gasteiger partial charge in [0.25, 0.3) is 0 Å². The zero-order valence-corrected chi connectivity index (χ0v) is 8.53. The molecule has 1 amide bonds. The first-order valence-electron chi connectivity index (χ1n) is 4.87. The molecule has 0 unspecified atom stereocenters. The Bertz CT molecular complexity index is 411. The van der Waals surface area contributed by atoms with E-state index in [1.165, 1.54) is 6.08 Å². The van der Waals surface area contributed by atoms with E-state index in [2.05, 4.69) is 5.32 Å². The lowest BCUT2D eigenvalue weighted by molar-refractivity contribution is -0.116. The number of aliphatic hydroxyl groups is 1. The van der Waals surface area contributed by atoms with Crippen LogP contribution in [-0.2, 0) is 11.2 Å². The lowest BCUT2D eigenvalue weighted by Crippen LogP contribution is -2.43. The monoisotopic (exact) mass is 203 g/mol. The van der Waals surface area contributed by atoms with Gasteiger partial charge in [-0.1, -0.05) is 30.3 Å². The summed E-state index contributed by atoms with van der Waals surface area (Å²) in [4.78, 5) is 11.1. The molecule has 0 spiro atoms. The van der Waals surface area contributed by atoms with Crippen LogP contribution < -0.4 is 5.32 Å². The van der Waals surface area contributed by atoms with Crippen molar-refractivity contribution < 1.29 is 9.90 Å². The molecule has 15 heavy (non-hydrogen) atoms. The number of carbonyl (C=O) groups excluding carboxylic acids is 1. The summed E-state index contributed by atoms with van der Waals surface area (Å²) >= 11 is 0. The molecule has 1 aromatic carbocycles. The minimum atomic E-state index is -0.654. The highest BCUT2D eigenvalue weighted by Gasteiger charge is 2.36. The van der Waals surface area contributed by atoms with Crippen LogP contribution in [0.15, 0.2) is 42.2 Å². The Morgan fingerprint density at radius 2 is 2.00 bits per heavy atom. The Balaban J connectivity index is 2.20. The minimum absolute atomic E-state index is 0.108. The van der Waals surface area contributed by atoms with E-state index in [1.54, 1.807) is 0 Å². The van der Waals surface area contributed by atoms with Gasteiger partial charge in [0.2, 0.25) is 5.91 Å². The number of aliphatic hydroxyl groups excluding tert-OH is 1. The molecular weight excluding hydrogens is 190 g/mol. The second kappa shape index (κ2) is 3.42. The average Bonchev–Trinajstić information content (AvgIpc) is 2.41. The van der Waals surface area contributed by atoms with Gasteiger partial charge in [-0.2, -0.15) is 0 Å². The topological polar surface area (TPSA) is 49.3 Å². The fraction of sp³-hybridized carbons (Fsp3) is 0.250. The van der Waals surface area contributed by atoms with Gasteiger partial charge in [0.15, 0.2) is 0 Å². The molecule has 0 radical (unpaired) electrons. The van der Waals surface area contributed by atoms with Crippen LogP contribution in [0.25, 0.3) is 0 Å². The van der Waals surface area contributed by atoms with E-state index in [9.17, 15) is 9.90 Å². The molecule has 1 aliphatic rings. The van der Waals surface area contributed by atoms with E-state index in [4.69, 9.17) is 0 Å². The van der Waals surface area contributed by atoms with Crippen molar-refractivity contribution in [1.29, 1.82) is 0 Å². The summed E-state index contributed by atoms with van der Waals surface area (Å²) in [6.07, 6.45) is 1.84. The van der Waals surface area contributed by atoms with Crippen molar-refractivity contribution in [3.63, 3.8) is 0 Å². The first-order chi connectivity index (χ1) is 7.10. The van der Waals surface area contributed by atoms with Crippen LogP contribution in [-0.4, -0.2) is 16.6 Å². The smallest absolute Gasteiger partial charge is 0.248 e. The van der Waals surface area contributed by atoms with Crippen molar-refractivity contribution in [3.8, 4) is 0 Å². The molecule has 3 heteroatoms. The average molecular weight is 203 g/mol. The van der Waals surface area contributed by atoms with Crippen molar-refractivity contribution in [2.75, 3.05) is 0 Å². The summed E-state index contributed by atoms with van der Waals surface area (Å²) in [5.41, 5.74) is 0.431. The molecule has 1 aromatic rings. The molecule has 0 saturated carbocycles. The van der Waals surface area contributed by atoms with Gasteiger partial charge in [0.05, 0.1) is 5.54 Å². The first kappa shape index (κ1) is 9.77. The van der Waals surface area contributed by atoms with Crippen molar-refractivity contribution in [2.24, 2.45) is 0 Å². The second-order valence-corrected chi connectivity index (χ2v) is 4.01. The number of amides is 1. The molecule has 0 aliphatic carbocycles. The van der Waals surface area contributed by atoms with Crippen LogP contribution in [0, 0.1) is 0 Å². The Hall–Kier alpha value is -1.77. The van der Waals surface area contributed by atoms with Gasteiger partial charge >= 0.3 is 0 Å². The van der Waals surface area contributed by atoms with Gasteiger partial charge in [-0.25, -0.2) is 0 Å². The van der Waals surface area contributed by atoms with E-state index in [1.807, 2.05) is 37.3 Å². The summed E-state index contributed by atoms with van der Waals surface area (Å²) in [7, 11) is 0. The van der Waals surface area contributed by atoms with Gasteiger partial charge in [-0.15, -0.1) is 0 Å². The maximum Gasteiger partial charge on any atom is 0.248 e. The third-order valence-electron chi connectivity index (χ3n) is 2.63. The van der Waals surface area contributed by atoms with Crippen LogP contribution in [0.2, 0.25) is 0 Å². The highest BCUT2D eigenvalue weighted by atomic mass is 16.3. The predicted molar refractivity (Wildman–Crippen MR) is 57.4 cm³/mol. The van der Waals surface area contributed by atoms with E-state index in [0.29, 0.717) is 6.42 Å². The minimum Gasteiger partial charge on any atom is -0.510 e. The molecule has 0 aromatic heterocycles. The number of rotatable bonds is 2. The molecule has 1 atom stereocenters. The second-order valence-electron chi connectivity index (χ2n) is 4.01. The van der Waals surface area contributed by atoms with Crippen LogP contribution in [0.3, 0.4) is 0 Å². The van der Waals surface area contributed by atoms with E-state index in [-0.39, 0.29) is 11.7 Å². The lowest BCUT2D eigenvalue weighted by atomic mass is 9.92. The summed E-state index contributed by atoms with van der Waals surface area (Å²) < 4.78 is 0. The fourth-order valence-corrected chi connectivity index (χ4v) is 1.79. The summed E-state index contributed by atoms with van der Waals surface area (Å²) in [5, 5.41) is 12.4. The van der Waals surface area contributed by atoms with Crippen molar-refractivity contribution in [1.82, 2.24) is 5.32 Å². The standard InChI is InChI=1S/C12H13NO2/c1-12(10(14)7-11(15)13-12)8-9-5-3-2-4-6-9/h2-7,14H,8H2,1H3,(H,13,15)/t12-/m1/s1. The molecule has 0 fully saturated rings. The largest absolute Gasteiger partial charge is 0.510 e. The molecule has 78 valence electrons. The Morgan fingerprint density at radius 3 is 2.53 bits per heavy atom. The van der Waals surface area contributed by atoms with Gasteiger partial charge in [0, 0.05) is 12.5 Å². The number of hydrogen-bond acceptors (Lipinski definition) is 2. The highest BCUT2D eigenvalue weighted by Crippen LogP contribution is 2.24. The summed E-state index contributed by atoms with van der Waals surface area (Å²) in [5.74, 6) is -0.123. The predicted octanol–water partition coefficient (Wildman–Crippen LogP) is 1.56. The third kappa shape index (κ3) is 1.86. The van der Waals surface area contributed by atoms with Crippen LogP contribution in [0.4, 0.5) is 0 Å². The van der Waals surface area contributed by atoms with Crippen LogP contribution >= 0.6 is 0 Å². The Labute approximate surface area is 88.4 Å². The van der Waals surface area contributed by atoms with Crippen LogP contribution in [0.1, 0.15) is 12.5 Å². The highest BCUT2D eigenvalue weighted by molar-refractivity contribution is 5.92. The molecular formula is C12H13NO2. The maximum atomic E-state index is 11.1. The number of carbonyl (C=O) groups is 1. The third-order valence-corrected chi connectivity index (χ3v) is 2.63. The van der Waals surface area contributed by atoms with E-state index >= 15 is 0 Å². The number of benzene rings is 1. The fourth-order valence-electron chi connectivity index (χ4n) is 1.79. The summed E-state index contributed by atoms with van der Waals surface area (Å²) in [6.45, 7) is 1.82. The van der Waals surface area contributed by atoms with Gasteiger partial charge < -0.3 is 10.4 Å². The van der Waals surface area contributed by atoms with Crippen molar-refractivity contribution in [2.45, 2.75) is 18.9 Å².